The molecule has 0 aliphatic carbocycles. The molecule has 0 radical (unpaired) electrons. The number of rotatable bonds is 3. The Morgan fingerprint density at radius 3 is 2.50 bits per heavy atom. The van der Waals surface area contributed by atoms with Gasteiger partial charge in [0, 0.05) is 13.1 Å². The average Bonchev–Trinajstić information content (AvgIpc) is 2.27. The van der Waals surface area contributed by atoms with Gasteiger partial charge in [-0.1, -0.05) is 13.3 Å². The first-order valence-electron chi connectivity index (χ1n) is 5.65. The van der Waals surface area contributed by atoms with Crippen molar-refractivity contribution in [3.8, 4) is 0 Å². The lowest BCUT2D eigenvalue weighted by molar-refractivity contribution is -0.134. The average molecular weight is 198 g/mol. The van der Waals surface area contributed by atoms with Crippen LogP contribution in [0.1, 0.15) is 33.1 Å². The van der Waals surface area contributed by atoms with Gasteiger partial charge in [-0.3, -0.25) is 4.79 Å². The number of hydrogen-bond donors (Lipinski definition) is 1. The summed E-state index contributed by atoms with van der Waals surface area (Å²) in [4.78, 5) is 13.8. The summed E-state index contributed by atoms with van der Waals surface area (Å²) in [6, 6.07) is -0.0341. The molecule has 1 aliphatic rings. The lowest BCUT2D eigenvalue weighted by Gasteiger charge is -2.33. The van der Waals surface area contributed by atoms with E-state index >= 15 is 0 Å². The quantitative estimate of drug-likeness (QED) is 0.740. The third-order valence-electron chi connectivity index (χ3n) is 3.31. The van der Waals surface area contributed by atoms with Crippen molar-refractivity contribution in [1.82, 2.24) is 10.2 Å². The number of amides is 1. The van der Waals surface area contributed by atoms with Crippen molar-refractivity contribution >= 4 is 5.91 Å². The van der Waals surface area contributed by atoms with Gasteiger partial charge in [-0.15, -0.1) is 0 Å². The third-order valence-corrected chi connectivity index (χ3v) is 3.31. The van der Waals surface area contributed by atoms with Crippen molar-refractivity contribution in [3.05, 3.63) is 0 Å². The van der Waals surface area contributed by atoms with E-state index in [0.29, 0.717) is 0 Å². The fourth-order valence-corrected chi connectivity index (χ4v) is 1.96. The Bertz CT molecular complexity index is 186. The minimum Gasteiger partial charge on any atom is -0.341 e. The Morgan fingerprint density at radius 1 is 1.50 bits per heavy atom. The smallest absolute Gasteiger partial charge is 0.239 e. The van der Waals surface area contributed by atoms with Gasteiger partial charge in [0.15, 0.2) is 0 Å². The Kier molecular flexibility index (Phi) is 4.39. The molecule has 1 saturated heterocycles. The van der Waals surface area contributed by atoms with Crippen LogP contribution >= 0.6 is 0 Å². The number of carbonyl (C=O) groups is 1. The fraction of sp³-hybridized carbons (Fsp3) is 0.909. The predicted octanol–water partition coefficient (Wildman–Crippen LogP) is 1.24. The van der Waals surface area contributed by atoms with Gasteiger partial charge in [0.2, 0.25) is 5.91 Å². The van der Waals surface area contributed by atoms with Crippen LogP contribution in [0.15, 0.2) is 0 Å². The lowest BCUT2D eigenvalue weighted by Crippen LogP contribution is -2.46. The SMILES string of the molecule is CCC1CCN(C(=O)C(C)NC)CC1. The van der Waals surface area contributed by atoms with Crippen LogP contribution in [0.25, 0.3) is 0 Å². The molecule has 3 heteroatoms. The zero-order chi connectivity index (χ0) is 10.6. The number of nitrogens with one attached hydrogen (secondary N) is 1. The molecule has 0 aromatic rings. The second-order valence-electron chi connectivity index (χ2n) is 4.19. The molecule has 0 saturated carbocycles. The number of nitrogens with zero attached hydrogens (tertiary/aromatic N) is 1. The van der Waals surface area contributed by atoms with Gasteiger partial charge in [0.05, 0.1) is 6.04 Å². The van der Waals surface area contributed by atoms with Crippen LogP contribution in [0.2, 0.25) is 0 Å². The topological polar surface area (TPSA) is 32.3 Å². The van der Waals surface area contributed by atoms with E-state index in [1.165, 1.54) is 19.3 Å². The molecule has 0 aromatic carbocycles. The van der Waals surface area contributed by atoms with Crippen LogP contribution in [0, 0.1) is 5.92 Å². The van der Waals surface area contributed by atoms with Crippen LogP contribution in [0.3, 0.4) is 0 Å². The normalized spacial score (nSPS) is 20.9. The molecule has 0 bridgehead atoms. The summed E-state index contributed by atoms with van der Waals surface area (Å²) >= 11 is 0. The highest BCUT2D eigenvalue weighted by atomic mass is 16.2. The van der Waals surface area contributed by atoms with E-state index in [0.717, 1.165) is 19.0 Å². The van der Waals surface area contributed by atoms with Gasteiger partial charge in [-0.25, -0.2) is 0 Å². The van der Waals surface area contributed by atoms with E-state index in [2.05, 4.69) is 12.2 Å². The zero-order valence-corrected chi connectivity index (χ0v) is 9.55. The maximum absolute atomic E-state index is 11.8. The molecule has 1 N–H and O–H groups in total. The summed E-state index contributed by atoms with van der Waals surface area (Å²) in [5, 5.41) is 3.00. The molecule has 1 amide bonds. The fourth-order valence-electron chi connectivity index (χ4n) is 1.96. The minimum absolute atomic E-state index is 0.0341. The molecular weight excluding hydrogens is 176 g/mol. The predicted molar refractivity (Wildman–Crippen MR) is 58.1 cm³/mol. The summed E-state index contributed by atoms with van der Waals surface area (Å²) in [7, 11) is 1.83. The molecule has 0 aromatic heterocycles. The van der Waals surface area contributed by atoms with Crippen LogP contribution < -0.4 is 5.32 Å². The zero-order valence-electron chi connectivity index (χ0n) is 9.55. The lowest BCUT2D eigenvalue weighted by atomic mass is 9.94. The maximum Gasteiger partial charge on any atom is 0.239 e. The molecule has 1 unspecified atom stereocenters. The first kappa shape index (κ1) is 11.5. The Morgan fingerprint density at radius 2 is 2.07 bits per heavy atom. The van der Waals surface area contributed by atoms with Gasteiger partial charge >= 0.3 is 0 Å². The number of hydrogen-bond acceptors (Lipinski definition) is 2. The number of carbonyl (C=O) groups excluding carboxylic acids is 1. The van der Waals surface area contributed by atoms with Crippen molar-refractivity contribution in [3.63, 3.8) is 0 Å². The molecule has 3 nitrogen and oxygen atoms in total. The highest BCUT2D eigenvalue weighted by Crippen LogP contribution is 2.20. The van der Waals surface area contributed by atoms with E-state index in [1.807, 2.05) is 18.9 Å². The Hall–Kier alpha value is -0.570. The maximum atomic E-state index is 11.8. The largest absolute Gasteiger partial charge is 0.341 e. The van der Waals surface area contributed by atoms with Gasteiger partial charge in [-0.2, -0.15) is 0 Å². The molecule has 1 heterocycles. The molecule has 82 valence electrons. The molecule has 14 heavy (non-hydrogen) atoms. The monoisotopic (exact) mass is 198 g/mol. The molecular formula is C11H22N2O. The van der Waals surface area contributed by atoms with E-state index in [-0.39, 0.29) is 11.9 Å². The van der Waals surface area contributed by atoms with Gasteiger partial charge in [0.1, 0.15) is 0 Å². The summed E-state index contributed by atoms with van der Waals surface area (Å²) in [5.41, 5.74) is 0. The number of likely N-dealkylation sites (tertiary alicyclic amines) is 1. The van der Waals surface area contributed by atoms with Gasteiger partial charge < -0.3 is 10.2 Å². The van der Waals surface area contributed by atoms with E-state index in [4.69, 9.17) is 0 Å². The van der Waals surface area contributed by atoms with Crippen molar-refractivity contribution in [1.29, 1.82) is 0 Å². The van der Waals surface area contributed by atoms with Crippen LogP contribution in [0.5, 0.6) is 0 Å². The number of likely N-dealkylation sites (N-methyl/N-ethyl adjacent to an activating group) is 1. The summed E-state index contributed by atoms with van der Waals surface area (Å²) in [6.07, 6.45) is 3.61. The standard InChI is InChI=1S/C11H22N2O/c1-4-10-5-7-13(8-6-10)11(14)9(2)12-3/h9-10,12H,4-8H2,1-3H3. The molecule has 1 aliphatic heterocycles. The summed E-state index contributed by atoms with van der Waals surface area (Å²) in [5.74, 6) is 1.09. The molecule has 1 atom stereocenters. The second-order valence-corrected chi connectivity index (χ2v) is 4.19. The minimum atomic E-state index is -0.0341. The van der Waals surface area contributed by atoms with E-state index in [1.54, 1.807) is 0 Å². The Labute approximate surface area is 86.9 Å². The summed E-state index contributed by atoms with van der Waals surface area (Å²) < 4.78 is 0. The first-order chi connectivity index (χ1) is 6.69. The second kappa shape index (κ2) is 5.35. The van der Waals surface area contributed by atoms with E-state index in [9.17, 15) is 4.79 Å². The molecule has 0 spiro atoms. The first-order valence-corrected chi connectivity index (χ1v) is 5.65. The van der Waals surface area contributed by atoms with Crippen molar-refractivity contribution in [2.24, 2.45) is 5.92 Å². The Balaban J connectivity index is 2.37. The van der Waals surface area contributed by atoms with Crippen LogP contribution in [0.4, 0.5) is 0 Å². The third kappa shape index (κ3) is 2.71. The van der Waals surface area contributed by atoms with E-state index < -0.39 is 0 Å². The highest BCUT2D eigenvalue weighted by molar-refractivity contribution is 5.81. The molecule has 1 rings (SSSR count). The highest BCUT2D eigenvalue weighted by Gasteiger charge is 2.24. The van der Waals surface area contributed by atoms with Crippen molar-refractivity contribution in [2.75, 3.05) is 20.1 Å². The van der Waals surface area contributed by atoms with Crippen molar-refractivity contribution in [2.45, 2.75) is 39.2 Å². The molecule has 1 fully saturated rings. The number of piperidine rings is 1. The van der Waals surface area contributed by atoms with Gasteiger partial charge in [-0.05, 0) is 32.7 Å². The van der Waals surface area contributed by atoms with Crippen LogP contribution in [-0.2, 0) is 4.79 Å². The van der Waals surface area contributed by atoms with Crippen molar-refractivity contribution < 1.29 is 4.79 Å². The van der Waals surface area contributed by atoms with Gasteiger partial charge in [0.25, 0.3) is 0 Å². The summed E-state index contributed by atoms with van der Waals surface area (Å²) in [6.45, 7) is 6.05. The van der Waals surface area contributed by atoms with Crippen LogP contribution in [-0.4, -0.2) is 37.0 Å².